The molecule has 0 spiro atoms. The third-order valence-corrected chi connectivity index (χ3v) is 4.77. The molecular weight excluding hydrogens is 408 g/mol. The Morgan fingerprint density at radius 1 is 0.947 bits per heavy atom. The van der Waals surface area contributed by atoms with Crippen LogP contribution >= 0.6 is 43.5 Å². The van der Waals surface area contributed by atoms with Gasteiger partial charge in [0.1, 0.15) is 5.82 Å². The van der Waals surface area contributed by atoms with Crippen LogP contribution in [0, 0.1) is 17.5 Å². The summed E-state index contributed by atoms with van der Waals surface area (Å²) in [6, 6.07) is 6.06. The van der Waals surface area contributed by atoms with Crippen molar-refractivity contribution in [1.29, 1.82) is 0 Å². The van der Waals surface area contributed by atoms with Crippen LogP contribution in [0.25, 0.3) is 0 Å². The number of hydrogen-bond donors (Lipinski definition) is 0. The summed E-state index contributed by atoms with van der Waals surface area (Å²) < 4.78 is 40.3. The first-order valence-corrected chi connectivity index (χ1v) is 7.22. The molecule has 2 aromatic rings. The van der Waals surface area contributed by atoms with Crippen molar-refractivity contribution in [2.75, 3.05) is 0 Å². The molecule has 100 valence electrons. The van der Waals surface area contributed by atoms with E-state index in [9.17, 15) is 13.2 Å². The molecule has 0 bridgehead atoms. The Bertz CT molecular complexity index is 632. The molecule has 0 saturated carbocycles. The topological polar surface area (TPSA) is 0 Å². The molecular formula is C13H6Br2ClF3. The molecule has 1 unspecified atom stereocenters. The van der Waals surface area contributed by atoms with Gasteiger partial charge in [-0.15, -0.1) is 0 Å². The van der Waals surface area contributed by atoms with E-state index < -0.39 is 22.3 Å². The van der Waals surface area contributed by atoms with E-state index in [1.54, 1.807) is 0 Å². The Morgan fingerprint density at radius 3 is 2.26 bits per heavy atom. The van der Waals surface area contributed by atoms with Gasteiger partial charge in [-0.2, -0.15) is 0 Å². The van der Waals surface area contributed by atoms with Crippen molar-refractivity contribution < 1.29 is 13.2 Å². The molecule has 2 rings (SSSR count). The van der Waals surface area contributed by atoms with Crippen molar-refractivity contribution in [3.8, 4) is 0 Å². The normalized spacial score (nSPS) is 12.5. The second-order valence-corrected chi connectivity index (χ2v) is 6.00. The third kappa shape index (κ3) is 3.15. The number of benzene rings is 2. The summed E-state index contributed by atoms with van der Waals surface area (Å²) in [4.78, 5) is -0.617. The van der Waals surface area contributed by atoms with Crippen LogP contribution < -0.4 is 0 Å². The lowest BCUT2D eigenvalue weighted by molar-refractivity contribution is 0.507. The fourth-order valence-corrected chi connectivity index (χ4v) is 2.70. The van der Waals surface area contributed by atoms with Crippen LogP contribution in [0.3, 0.4) is 0 Å². The van der Waals surface area contributed by atoms with Crippen LogP contribution in [0.1, 0.15) is 16.0 Å². The zero-order valence-corrected chi connectivity index (χ0v) is 13.2. The molecule has 0 aromatic heterocycles. The molecule has 0 fully saturated rings. The Labute approximate surface area is 129 Å². The van der Waals surface area contributed by atoms with Crippen molar-refractivity contribution in [3.63, 3.8) is 0 Å². The standard InChI is InChI=1S/C13H6Br2ClF3/c14-8-5-11(18)7(4-9(8)16)13(15)6-1-2-10(17)12(19)3-6/h1-5,13H. The van der Waals surface area contributed by atoms with Gasteiger partial charge in [-0.3, -0.25) is 0 Å². The van der Waals surface area contributed by atoms with E-state index in [0.29, 0.717) is 15.1 Å². The second kappa shape index (κ2) is 5.85. The van der Waals surface area contributed by atoms with Crippen molar-refractivity contribution in [3.05, 3.63) is 68.4 Å². The van der Waals surface area contributed by atoms with Crippen LogP contribution in [-0.2, 0) is 0 Å². The molecule has 0 aliphatic heterocycles. The molecule has 0 aliphatic rings. The molecule has 2 aromatic carbocycles. The van der Waals surface area contributed by atoms with E-state index >= 15 is 0 Å². The van der Waals surface area contributed by atoms with E-state index in [-0.39, 0.29) is 5.56 Å². The van der Waals surface area contributed by atoms with Crippen LogP contribution in [0.4, 0.5) is 13.2 Å². The molecule has 0 heterocycles. The average molecular weight is 414 g/mol. The lowest BCUT2D eigenvalue weighted by Crippen LogP contribution is -1.98. The van der Waals surface area contributed by atoms with Gasteiger partial charge in [0.25, 0.3) is 0 Å². The van der Waals surface area contributed by atoms with Gasteiger partial charge in [0, 0.05) is 10.0 Å². The minimum absolute atomic E-state index is 0.249. The maximum atomic E-state index is 13.9. The summed E-state index contributed by atoms with van der Waals surface area (Å²) in [6.07, 6.45) is 0. The lowest BCUT2D eigenvalue weighted by Gasteiger charge is -2.13. The summed E-state index contributed by atoms with van der Waals surface area (Å²) >= 11 is 12.3. The summed E-state index contributed by atoms with van der Waals surface area (Å²) in [5.41, 5.74) is 0.649. The van der Waals surface area contributed by atoms with E-state index in [4.69, 9.17) is 11.6 Å². The molecule has 0 N–H and O–H groups in total. The maximum absolute atomic E-state index is 13.9. The SMILES string of the molecule is Fc1ccc(C(Br)c2cc(Cl)c(Br)cc2F)cc1F. The first kappa shape index (κ1) is 14.9. The van der Waals surface area contributed by atoms with Gasteiger partial charge in [-0.25, -0.2) is 13.2 Å². The fourth-order valence-electron chi connectivity index (χ4n) is 1.58. The van der Waals surface area contributed by atoms with Crippen molar-refractivity contribution in [1.82, 2.24) is 0 Å². The predicted octanol–water partition coefficient (Wildman–Crippen LogP) is 6.00. The first-order valence-electron chi connectivity index (χ1n) is 5.13. The number of alkyl halides is 1. The van der Waals surface area contributed by atoms with Gasteiger partial charge in [0.15, 0.2) is 11.6 Å². The quantitative estimate of drug-likeness (QED) is 0.417. The van der Waals surface area contributed by atoms with E-state index in [2.05, 4.69) is 31.9 Å². The van der Waals surface area contributed by atoms with Crippen LogP contribution in [0.5, 0.6) is 0 Å². The van der Waals surface area contributed by atoms with Gasteiger partial charge >= 0.3 is 0 Å². The molecule has 1 atom stereocenters. The van der Waals surface area contributed by atoms with Gasteiger partial charge in [-0.05, 0) is 45.8 Å². The minimum atomic E-state index is -0.981. The number of rotatable bonds is 2. The van der Waals surface area contributed by atoms with Gasteiger partial charge in [0.05, 0.1) is 9.85 Å². The Balaban J connectivity index is 2.46. The fraction of sp³-hybridized carbons (Fsp3) is 0.0769. The smallest absolute Gasteiger partial charge is 0.159 e. The zero-order chi connectivity index (χ0) is 14.2. The molecule has 6 heteroatoms. The molecule has 0 saturated heterocycles. The highest BCUT2D eigenvalue weighted by atomic mass is 79.9. The van der Waals surface area contributed by atoms with Gasteiger partial charge in [-0.1, -0.05) is 33.6 Å². The molecule has 0 nitrogen and oxygen atoms in total. The Kier molecular flexibility index (Phi) is 4.58. The number of halogens is 6. The summed E-state index contributed by atoms with van der Waals surface area (Å²) in [5, 5.41) is 0.337. The maximum Gasteiger partial charge on any atom is 0.159 e. The predicted molar refractivity (Wildman–Crippen MR) is 76.2 cm³/mol. The highest BCUT2D eigenvalue weighted by molar-refractivity contribution is 9.10. The van der Waals surface area contributed by atoms with Gasteiger partial charge < -0.3 is 0 Å². The lowest BCUT2D eigenvalue weighted by atomic mass is 10.0. The second-order valence-electron chi connectivity index (χ2n) is 3.82. The van der Waals surface area contributed by atoms with Crippen LogP contribution in [0.15, 0.2) is 34.8 Å². The molecule has 0 radical (unpaired) electrons. The third-order valence-electron chi connectivity index (χ3n) is 2.55. The highest BCUT2D eigenvalue weighted by Crippen LogP contribution is 2.36. The largest absolute Gasteiger partial charge is 0.207 e. The summed E-state index contributed by atoms with van der Waals surface area (Å²) in [5.74, 6) is -2.42. The summed E-state index contributed by atoms with van der Waals surface area (Å²) in [7, 11) is 0. The summed E-state index contributed by atoms with van der Waals surface area (Å²) in [6.45, 7) is 0. The van der Waals surface area contributed by atoms with Crippen molar-refractivity contribution in [2.45, 2.75) is 4.83 Å². The Hall–Kier alpha value is -0.520. The van der Waals surface area contributed by atoms with Crippen LogP contribution in [-0.4, -0.2) is 0 Å². The molecule has 0 amide bonds. The van der Waals surface area contributed by atoms with E-state index in [1.165, 1.54) is 18.2 Å². The first-order chi connectivity index (χ1) is 8.90. The molecule has 19 heavy (non-hydrogen) atoms. The highest BCUT2D eigenvalue weighted by Gasteiger charge is 2.18. The van der Waals surface area contributed by atoms with E-state index in [1.807, 2.05) is 0 Å². The Morgan fingerprint density at radius 2 is 1.63 bits per heavy atom. The average Bonchev–Trinajstić information content (AvgIpc) is 2.36. The molecule has 0 aliphatic carbocycles. The number of hydrogen-bond acceptors (Lipinski definition) is 0. The monoisotopic (exact) mass is 412 g/mol. The minimum Gasteiger partial charge on any atom is -0.207 e. The van der Waals surface area contributed by atoms with Gasteiger partial charge in [0.2, 0.25) is 0 Å². The van der Waals surface area contributed by atoms with Crippen LogP contribution in [0.2, 0.25) is 5.02 Å². The van der Waals surface area contributed by atoms with E-state index in [0.717, 1.165) is 12.1 Å². The van der Waals surface area contributed by atoms with Crippen molar-refractivity contribution >= 4 is 43.5 Å². The van der Waals surface area contributed by atoms with Crippen molar-refractivity contribution in [2.24, 2.45) is 0 Å². The zero-order valence-electron chi connectivity index (χ0n) is 9.23.